The van der Waals surface area contributed by atoms with Crippen LogP contribution in [0.5, 0.6) is 11.5 Å². The van der Waals surface area contributed by atoms with Crippen LogP contribution in [0.4, 0.5) is 4.39 Å². The van der Waals surface area contributed by atoms with E-state index in [1.807, 2.05) is 0 Å². The van der Waals surface area contributed by atoms with Crippen LogP contribution in [-0.2, 0) is 9.53 Å². The molecule has 3 aromatic rings. The molecule has 2 amide bonds. The number of benzene rings is 1. The molecule has 2 aromatic heterocycles. The molecular formula is C26H30FN5O6. The minimum atomic E-state index is -1.60. The molecule has 0 spiro atoms. The summed E-state index contributed by atoms with van der Waals surface area (Å²) < 4.78 is 30.8. The maximum absolute atomic E-state index is 14.8. The maximum Gasteiger partial charge on any atom is 0.257 e. The van der Waals surface area contributed by atoms with Gasteiger partial charge in [-0.05, 0) is 31.7 Å². The number of methoxy groups -OCH3 is 2. The maximum atomic E-state index is 14.8. The van der Waals surface area contributed by atoms with Crippen molar-refractivity contribution in [2.24, 2.45) is 5.92 Å². The smallest absolute Gasteiger partial charge is 0.257 e. The molecule has 2 fully saturated rings. The Labute approximate surface area is 218 Å². The molecule has 1 saturated carbocycles. The fourth-order valence-electron chi connectivity index (χ4n) is 4.69. The largest absolute Gasteiger partial charge is 0.494 e. The number of β-amino-alcohol motifs (C(OH)–C–C–N with tert-alkyl or cyclic N) is 1. The van der Waals surface area contributed by atoms with Crippen molar-refractivity contribution >= 4 is 22.8 Å². The van der Waals surface area contributed by atoms with Gasteiger partial charge in [0.1, 0.15) is 29.9 Å². The molecule has 1 atom stereocenters. The third kappa shape index (κ3) is 5.01. The number of nitrogens with zero attached hydrogens (tertiary/aromatic N) is 3. The molecule has 0 bridgehead atoms. The molecule has 1 aliphatic heterocycles. The Bertz CT molecular complexity index is 1390. The second kappa shape index (κ2) is 10.2. The zero-order valence-electron chi connectivity index (χ0n) is 21.5. The predicted octanol–water partition coefficient (Wildman–Crippen LogP) is 2.17. The van der Waals surface area contributed by atoms with Crippen LogP contribution >= 0.6 is 0 Å². The minimum Gasteiger partial charge on any atom is -0.494 e. The molecule has 11 nitrogen and oxygen atoms in total. The van der Waals surface area contributed by atoms with Crippen molar-refractivity contribution in [2.75, 3.05) is 40.5 Å². The summed E-state index contributed by atoms with van der Waals surface area (Å²) in [6.45, 7) is 2.31. The molecule has 1 aromatic carbocycles. The summed E-state index contributed by atoms with van der Waals surface area (Å²) in [6.07, 6.45) is 3.64. The van der Waals surface area contributed by atoms with E-state index in [4.69, 9.17) is 14.2 Å². The van der Waals surface area contributed by atoms with Gasteiger partial charge in [-0.1, -0.05) is 0 Å². The third-order valence-corrected chi connectivity index (χ3v) is 6.89. The Morgan fingerprint density at radius 1 is 1.26 bits per heavy atom. The zero-order chi connectivity index (χ0) is 27.0. The number of fused-ring (bicyclic) bond motifs is 1. The minimum absolute atomic E-state index is 0.0513. The van der Waals surface area contributed by atoms with E-state index in [1.54, 1.807) is 6.92 Å². The number of aromatic nitrogens is 3. The van der Waals surface area contributed by atoms with Crippen molar-refractivity contribution in [2.45, 2.75) is 31.9 Å². The van der Waals surface area contributed by atoms with Crippen LogP contribution in [0.25, 0.3) is 22.3 Å². The number of halogens is 1. The van der Waals surface area contributed by atoms with Gasteiger partial charge in [0.2, 0.25) is 5.91 Å². The molecule has 1 aliphatic carbocycles. The molecule has 1 saturated heterocycles. The summed E-state index contributed by atoms with van der Waals surface area (Å²) in [4.78, 5) is 38.8. The standard InChI is InChI=1S/C26H30FN5O6/c1-14-21(25(34)31-26(35)6-7-32(12-26)20(33)11-36-2)23-24(30-14)22(28-13-29-23)16-8-17(27)19(37-3)9-18(16)38-10-15-4-5-15/h8-9,13,15,30,35H,4-7,10-12H2,1-3H3,(H,31,34)/t26-/m1/s1. The quantitative estimate of drug-likeness (QED) is 0.360. The molecule has 38 heavy (non-hydrogen) atoms. The highest BCUT2D eigenvalue weighted by atomic mass is 19.1. The van der Waals surface area contributed by atoms with E-state index in [1.165, 1.54) is 37.6 Å². The number of rotatable bonds is 9. The highest BCUT2D eigenvalue weighted by Gasteiger charge is 2.40. The second-order valence-corrected chi connectivity index (χ2v) is 9.79. The number of ether oxygens (including phenoxy) is 3. The molecular weight excluding hydrogens is 497 g/mol. The summed E-state index contributed by atoms with van der Waals surface area (Å²) in [7, 11) is 2.80. The highest BCUT2D eigenvalue weighted by molar-refractivity contribution is 6.09. The number of amides is 2. The molecule has 202 valence electrons. The number of aromatic amines is 1. The average Bonchev–Trinajstić information content (AvgIpc) is 3.54. The van der Waals surface area contributed by atoms with Gasteiger partial charge in [0.25, 0.3) is 5.91 Å². The van der Waals surface area contributed by atoms with Gasteiger partial charge in [0.15, 0.2) is 17.3 Å². The number of aryl methyl sites for hydroxylation is 1. The lowest BCUT2D eigenvalue weighted by atomic mass is 10.1. The van der Waals surface area contributed by atoms with Crippen LogP contribution in [0.3, 0.4) is 0 Å². The van der Waals surface area contributed by atoms with Crippen LogP contribution in [0.1, 0.15) is 35.3 Å². The van der Waals surface area contributed by atoms with Gasteiger partial charge in [0, 0.05) is 37.4 Å². The summed E-state index contributed by atoms with van der Waals surface area (Å²) in [5, 5.41) is 13.6. The van der Waals surface area contributed by atoms with E-state index in [9.17, 15) is 19.1 Å². The molecule has 5 rings (SSSR count). The van der Waals surface area contributed by atoms with Crippen molar-refractivity contribution < 1.29 is 33.3 Å². The number of aliphatic hydroxyl groups is 1. The van der Waals surface area contributed by atoms with E-state index in [0.717, 1.165) is 12.8 Å². The number of hydrogen-bond donors (Lipinski definition) is 3. The van der Waals surface area contributed by atoms with Gasteiger partial charge >= 0.3 is 0 Å². The summed E-state index contributed by atoms with van der Waals surface area (Å²) in [5.74, 6) is -0.484. The van der Waals surface area contributed by atoms with E-state index in [-0.39, 0.29) is 43.3 Å². The normalized spacial score (nSPS) is 19.1. The van der Waals surface area contributed by atoms with E-state index >= 15 is 0 Å². The van der Waals surface area contributed by atoms with Gasteiger partial charge in [0.05, 0.1) is 31.3 Å². The van der Waals surface area contributed by atoms with Gasteiger partial charge in [-0.2, -0.15) is 0 Å². The van der Waals surface area contributed by atoms with Crippen LogP contribution in [0, 0.1) is 18.7 Å². The summed E-state index contributed by atoms with van der Waals surface area (Å²) in [6, 6.07) is 2.79. The molecule has 0 unspecified atom stereocenters. The number of hydrogen-bond acceptors (Lipinski definition) is 8. The van der Waals surface area contributed by atoms with Crippen LogP contribution in [0.2, 0.25) is 0 Å². The molecule has 0 radical (unpaired) electrons. The Morgan fingerprint density at radius 2 is 2.05 bits per heavy atom. The van der Waals surface area contributed by atoms with Crippen molar-refractivity contribution in [1.29, 1.82) is 0 Å². The predicted molar refractivity (Wildman–Crippen MR) is 134 cm³/mol. The van der Waals surface area contributed by atoms with E-state index in [0.29, 0.717) is 46.3 Å². The van der Waals surface area contributed by atoms with Gasteiger partial charge in [-0.25, -0.2) is 14.4 Å². The van der Waals surface area contributed by atoms with Crippen LogP contribution in [0.15, 0.2) is 18.5 Å². The molecule has 12 heteroatoms. The average molecular weight is 528 g/mol. The fourth-order valence-corrected chi connectivity index (χ4v) is 4.69. The van der Waals surface area contributed by atoms with Crippen LogP contribution < -0.4 is 14.8 Å². The number of carbonyl (C=O) groups is 2. The Kier molecular flexibility index (Phi) is 6.93. The lowest BCUT2D eigenvalue weighted by molar-refractivity contribution is -0.135. The lowest BCUT2D eigenvalue weighted by Crippen LogP contribution is -2.51. The number of likely N-dealkylation sites (tertiary alicyclic amines) is 1. The topological polar surface area (TPSA) is 139 Å². The van der Waals surface area contributed by atoms with E-state index in [2.05, 4.69) is 20.3 Å². The van der Waals surface area contributed by atoms with Crippen LogP contribution in [-0.4, -0.2) is 83.0 Å². The SMILES string of the molecule is COCC(=O)N1CC[C@](O)(NC(=O)c2c(C)[nH]c3c(-c4cc(F)c(OC)cc4OCC4CC4)ncnc23)C1. The first-order valence-corrected chi connectivity index (χ1v) is 12.4. The highest BCUT2D eigenvalue weighted by Crippen LogP contribution is 2.39. The third-order valence-electron chi connectivity index (χ3n) is 6.89. The Morgan fingerprint density at radius 3 is 2.76 bits per heavy atom. The second-order valence-electron chi connectivity index (χ2n) is 9.79. The Balaban J connectivity index is 1.47. The van der Waals surface area contributed by atoms with Gasteiger partial charge < -0.3 is 34.5 Å². The summed E-state index contributed by atoms with van der Waals surface area (Å²) >= 11 is 0. The monoisotopic (exact) mass is 527 g/mol. The number of H-pyrrole nitrogens is 1. The number of carbonyl (C=O) groups excluding carboxylic acids is 2. The van der Waals surface area contributed by atoms with Crippen molar-refractivity contribution in [3.63, 3.8) is 0 Å². The van der Waals surface area contributed by atoms with E-state index < -0.39 is 17.4 Å². The van der Waals surface area contributed by atoms with Crippen molar-refractivity contribution in [3.8, 4) is 22.8 Å². The zero-order valence-corrected chi connectivity index (χ0v) is 21.5. The summed E-state index contributed by atoms with van der Waals surface area (Å²) in [5.41, 5.74) is 0.590. The first-order valence-electron chi connectivity index (χ1n) is 12.4. The van der Waals surface area contributed by atoms with Gasteiger partial charge in [-0.15, -0.1) is 0 Å². The van der Waals surface area contributed by atoms with Gasteiger partial charge in [-0.3, -0.25) is 9.59 Å². The molecule has 3 N–H and O–H groups in total. The Hall–Kier alpha value is -3.77. The molecule has 2 aliphatic rings. The van der Waals surface area contributed by atoms with Crippen molar-refractivity contribution in [1.82, 2.24) is 25.2 Å². The fraction of sp³-hybridized carbons (Fsp3) is 0.462. The van der Waals surface area contributed by atoms with Crippen molar-refractivity contribution in [3.05, 3.63) is 35.5 Å². The molecule has 3 heterocycles. The lowest BCUT2D eigenvalue weighted by Gasteiger charge is -2.24. The number of nitrogens with one attached hydrogen (secondary N) is 2. The first kappa shape index (κ1) is 25.9. The first-order chi connectivity index (χ1) is 18.2.